The van der Waals surface area contributed by atoms with Crippen LogP contribution in [0.25, 0.3) is 0 Å². The average molecular weight is 891 g/mol. The van der Waals surface area contributed by atoms with Crippen LogP contribution in [0.5, 0.6) is 0 Å². The molecule has 2 heterocycles. The molecule has 0 saturated carbocycles. The normalized spacial score (nSPS) is 18.4. The second-order valence-electron chi connectivity index (χ2n) is 13.4. The molecule has 6 rings (SSSR count). The van der Waals surface area contributed by atoms with Crippen molar-refractivity contribution < 1.29 is 48.5 Å². The number of benzene rings is 4. The topological polar surface area (TPSA) is 192 Å². The number of anilines is 2. The number of carboxylic acids is 2. The molecule has 2 aliphatic rings. The fraction of sp³-hybridized carbons (Fsp3) is 0.286. The number of carboxylic acid groups (broad SMARTS) is 2. The summed E-state index contributed by atoms with van der Waals surface area (Å²) in [4.78, 5) is 78.7. The van der Waals surface area contributed by atoms with Gasteiger partial charge in [-0.1, -0.05) is 107 Å². The highest BCUT2D eigenvalue weighted by Crippen LogP contribution is 2.44. The van der Waals surface area contributed by atoms with E-state index in [9.17, 15) is 39.0 Å². The molecule has 0 bridgehead atoms. The van der Waals surface area contributed by atoms with Crippen molar-refractivity contribution in [1.29, 1.82) is 0 Å². The third-order valence-electron chi connectivity index (χ3n) is 9.34. The van der Waals surface area contributed by atoms with Crippen LogP contribution in [0.15, 0.2) is 109 Å². The summed E-state index contributed by atoms with van der Waals surface area (Å²) in [6.07, 6.45) is -1.10. The minimum Gasteiger partial charge on any atom is -0.480 e. The van der Waals surface area contributed by atoms with Gasteiger partial charge in [0.25, 0.3) is 0 Å². The maximum Gasteiger partial charge on any atom is 0.411 e. The van der Waals surface area contributed by atoms with Crippen molar-refractivity contribution in [2.24, 2.45) is 0 Å². The van der Waals surface area contributed by atoms with Crippen molar-refractivity contribution in [3.8, 4) is 0 Å². The quantitative estimate of drug-likeness (QED) is 0.0587. The van der Waals surface area contributed by atoms with Gasteiger partial charge in [0.15, 0.2) is 0 Å². The molecule has 0 radical (unpaired) electrons. The second kappa shape index (κ2) is 21.8. The zero-order valence-corrected chi connectivity index (χ0v) is 35.3. The third-order valence-corrected chi connectivity index (χ3v) is 14.4. The van der Waals surface area contributed by atoms with Crippen LogP contribution < -0.4 is 10.6 Å². The fourth-order valence-corrected chi connectivity index (χ4v) is 11.2. The van der Waals surface area contributed by atoms with E-state index >= 15 is 0 Å². The SMILES string of the molecule is O=C(Nc1ccc(C2SC[C@@H](C(=O)O)N2C(=O)CCSSCCC(=O)N2C(c3ccc(NC(=O)OCc4ccccc4)cc3)SC[C@H]2C(=O)O)cc1)OCc1ccccc1. The van der Waals surface area contributed by atoms with E-state index in [2.05, 4.69) is 10.6 Å². The molecule has 0 spiro atoms. The summed E-state index contributed by atoms with van der Waals surface area (Å²) in [7, 11) is 2.76. The van der Waals surface area contributed by atoms with Crippen molar-refractivity contribution in [1.82, 2.24) is 9.80 Å². The number of carbonyl (C=O) groups excluding carboxylic acids is 4. The summed E-state index contributed by atoms with van der Waals surface area (Å²) in [6, 6.07) is 30.2. The predicted molar refractivity (Wildman–Crippen MR) is 234 cm³/mol. The first-order valence-electron chi connectivity index (χ1n) is 18.8. The second-order valence-corrected chi connectivity index (χ2v) is 18.4. The maximum atomic E-state index is 13.5. The Bertz CT molecular complexity index is 1970. The molecule has 0 aromatic heterocycles. The predicted octanol–water partition coefficient (Wildman–Crippen LogP) is 8.10. The number of amides is 4. The lowest BCUT2D eigenvalue weighted by Gasteiger charge is -2.28. The Balaban J connectivity index is 0.953. The van der Waals surface area contributed by atoms with Crippen molar-refractivity contribution in [2.75, 3.05) is 33.6 Å². The highest BCUT2D eigenvalue weighted by atomic mass is 33.1. The van der Waals surface area contributed by atoms with E-state index in [0.717, 1.165) is 11.1 Å². The summed E-state index contributed by atoms with van der Waals surface area (Å²) < 4.78 is 10.6. The molecule has 2 saturated heterocycles. The Morgan fingerprint density at radius 1 is 0.567 bits per heavy atom. The van der Waals surface area contributed by atoms with Crippen LogP contribution >= 0.6 is 45.1 Å². The highest BCUT2D eigenvalue weighted by molar-refractivity contribution is 8.76. The first-order valence-corrected chi connectivity index (χ1v) is 23.4. The summed E-state index contributed by atoms with van der Waals surface area (Å²) in [5.41, 5.74) is 4.10. The van der Waals surface area contributed by atoms with Crippen molar-refractivity contribution >= 4 is 92.4 Å². The molecule has 0 aliphatic carbocycles. The number of hydrogen-bond acceptors (Lipinski definition) is 12. The average Bonchev–Trinajstić information content (AvgIpc) is 3.91. The molecule has 314 valence electrons. The van der Waals surface area contributed by atoms with Gasteiger partial charge in [0, 0.05) is 47.2 Å². The molecule has 4 amide bonds. The van der Waals surface area contributed by atoms with Gasteiger partial charge in [-0.3, -0.25) is 20.2 Å². The van der Waals surface area contributed by atoms with E-state index < -0.39 is 47.0 Å². The molecule has 2 fully saturated rings. The first-order chi connectivity index (χ1) is 29.1. The van der Waals surface area contributed by atoms with E-state index in [1.807, 2.05) is 60.7 Å². The number of rotatable bonds is 17. The van der Waals surface area contributed by atoms with E-state index in [1.165, 1.54) is 54.9 Å². The molecule has 4 aromatic rings. The molecular formula is C42H42N4O10S4. The molecule has 4 aromatic carbocycles. The summed E-state index contributed by atoms with van der Waals surface area (Å²) in [5.74, 6) is -1.65. The van der Waals surface area contributed by atoms with Gasteiger partial charge in [0.05, 0.1) is 0 Å². The van der Waals surface area contributed by atoms with Gasteiger partial charge in [-0.2, -0.15) is 0 Å². The smallest absolute Gasteiger partial charge is 0.411 e. The van der Waals surface area contributed by atoms with Crippen LogP contribution in [0.2, 0.25) is 0 Å². The van der Waals surface area contributed by atoms with E-state index in [0.29, 0.717) is 34.0 Å². The van der Waals surface area contributed by atoms with E-state index in [-0.39, 0.29) is 49.4 Å². The molecule has 14 nitrogen and oxygen atoms in total. The molecule has 4 atom stereocenters. The van der Waals surface area contributed by atoms with Gasteiger partial charge in [0.2, 0.25) is 11.8 Å². The van der Waals surface area contributed by atoms with Crippen LogP contribution in [-0.4, -0.2) is 91.0 Å². The molecule has 4 N–H and O–H groups in total. The van der Waals surface area contributed by atoms with Gasteiger partial charge < -0.3 is 29.5 Å². The summed E-state index contributed by atoms with van der Waals surface area (Å²) in [5, 5.41) is 24.1. The standard InChI is InChI=1S/C42H42N4O10S4/c47-35(45-33(39(49)50)25-57-37(45)29-11-15-31(16-12-29)43-41(53)55-23-27-7-3-1-4-8-27)19-21-59-60-22-20-36(48)46-34(40(51)52)26-58-38(46)30-13-17-32(18-14-30)44-42(54)56-24-28-9-5-2-6-10-28/h1-18,33-34,37-38H,19-26H2,(H,43,53)(H,44,54)(H,49,50)(H,51,52)/t33-,34-,37?,38?/m0/s1. The van der Waals surface area contributed by atoms with Crippen molar-refractivity contribution in [3.63, 3.8) is 0 Å². The first kappa shape index (κ1) is 44.3. The summed E-state index contributed by atoms with van der Waals surface area (Å²) >= 11 is 2.71. The number of nitrogens with one attached hydrogen (secondary N) is 2. The number of thioether (sulfide) groups is 2. The highest BCUT2D eigenvalue weighted by Gasteiger charge is 2.43. The number of hydrogen-bond donors (Lipinski definition) is 4. The lowest BCUT2D eigenvalue weighted by molar-refractivity contribution is -0.149. The Hall–Kier alpha value is -5.30. The maximum absolute atomic E-state index is 13.5. The molecular weight excluding hydrogens is 849 g/mol. The lowest BCUT2D eigenvalue weighted by atomic mass is 10.1. The number of ether oxygens (including phenoxy) is 2. The van der Waals surface area contributed by atoms with Gasteiger partial charge in [-0.05, 0) is 46.5 Å². The van der Waals surface area contributed by atoms with Crippen molar-refractivity contribution in [2.45, 2.75) is 48.9 Å². The van der Waals surface area contributed by atoms with Crippen LogP contribution in [0.4, 0.5) is 21.0 Å². The van der Waals surface area contributed by atoms with E-state index in [4.69, 9.17) is 9.47 Å². The van der Waals surface area contributed by atoms with E-state index in [1.54, 1.807) is 48.5 Å². The number of nitrogens with zero attached hydrogens (tertiary/aromatic N) is 2. The molecule has 2 unspecified atom stereocenters. The zero-order valence-electron chi connectivity index (χ0n) is 32.0. The van der Waals surface area contributed by atoms with Crippen LogP contribution in [0.1, 0.15) is 45.8 Å². The van der Waals surface area contributed by atoms with Gasteiger partial charge in [-0.25, -0.2) is 19.2 Å². The zero-order chi connectivity index (χ0) is 42.4. The number of carbonyl (C=O) groups is 6. The Morgan fingerprint density at radius 3 is 1.28 bits per heavy atom. The minimum absolute atomic E-state index is 0.0703. The third kappa shape index (κ3) is 12.1. The molecule has 2 aliphatic heterocycles. The minimum atomic E-state index is -1.09. The van der Waals surface area contributed by atoms with Crippen LogP contribution in [0.3, 0.4) is 0 Å². The Morgan fingerprint density at radius 2 is 0.933 bits per heavy atom. The summed E-state index contributed by atoms with van der Waals surface area (Å²) in [6.45, 7) is 0.234. The van der Waals surface area contributed by atoms with Crippen molar-refractivity contribution in [3.05, 3.63) is 131 Å². The molecule has 18 heteroatoms. The largest absolute Gasteiger partial charge is 0.480 e. The van der Waals surface area contributed by atoms with Crippen LogP contribution in [0, 0.1) is 0 Å². The fourth-order valence-electron chi connectivity index (χ4n) is 6.37. The number of aliphatic carboxylic acids is 2. The Kier molecular flexibility index (Phi) is 16.1. The lowest BCUT2D eigenvalue weighted by Crippen LogP contribution is -2.43. The van der Waals surface area contributed by atoms with Gasteiger partial charge in [0.1, 0.15) is 36.0 Å². The van der Waals surface area contributed by atoms with Gasteiger partial charge >= 0.3 is 24.1 Å². The molecule has 60 heavy (non-hydrogen) atoms. The van der Waals surface area contributed by atoms with Crippen LogP contribution in [-0.2, 0) is 41.9 Å². The van der Waals surface area contributed by atoms with Gasteiger partial charge in [-0.15, -0.1) is 23.5 Å². The monoisotopic (exact) mass is 890 g/mol. The Labute approximate surface area is 362 Å².